The summed E-state index contributed by atoms with van der Waals surface area (Å²) in [7, 11) is 0. The molecular formula is C18H29N5O2. The van der Waals surface area contributed by atoms with Crippen LogP contribution in [0.1, 0.15) is 19.8 Å². The van der Waals surface area contributed by atoms with Crippen LogP contribution in [0.5, 0.6) is 0 Å². The number of hydrogen-bond acceptors (Lipinski definition) is 5. The van der Waals surface area contributed by atoms with Crippen molar-refractivity contribution in [2.24, 2.45) is 5.92 Å². The molecule has 2 aliphatic heterocycles. The molecule has 3 rings (SSSR count). The molecule has 1 aromatic rings. The van der Waals surface area contributed by atoms with E-state index in [2.05, 4.69) is 32.3 Å². The first-order chi connectivity index (χ1) is 12.2. The molecule has 2 amide bonds. The summed E-state index contributed by atoms with van der Waals surface area (Å²) < 4.78 is 5.35. The van der Waals surface area contributed by atoms with Crippen molar-refractivity contribution in [2.45, 2.75) is 19.8 Å². The molecule has 138 valence electrons. The lowest BCUT2D eigenvalue weighted by molar-refractivity contribution is 0.122. The van der Waals surface area contributed by atoms with E-state index in [0.717, 1.165) is 38.7 Å². The Kier molecular flexibility index (Phi) is 6.47. The van der Waals surface area contributed by atoms with Gasteiger partial charge in [0.2, 0.25) is 0 Å². The van der Waals surface area contributed by atoms with Crippen molar-refractivity contribution in [1.82, 2.24) is 15.2 Å². The number of carbonyl (C=O) groups excluding carboxylic acids is 1. The summed E-state index contributed by atoms with van der Waals surface area (Å²) in [5.74, 6) is 1.37. The zero-order chi connectivity index (χ0) is 17.5. The average Bonchev–Trinajstić information content (AvgIpc) is 3.14. The van der Waals surface area contributed by atoms with Gasteiger partial charge in [-0.05, 0) is 44.0 Å². The first kappa shape index (κ1) is 17.9. The number of carbonyl (C=O) groups is 1. The van der Waals surface area contributed by atoms with Gasteiger partial charge in [-0.3, -0.25) is 0 Å². The van der Waals surface area contributed by atoms with Crippen molar-refractivity contribution < 1.29 is 9.53 Å². The van der Waals surface area contributed by atoms with E-state index in [1.54, 1.807) is 6.20 Å². The summed E-state index contributed by atoms with van der Waals surface area (Å²) in [4.78, 5) is 21.1. The third-order valence-electron chi connectivity index (χ3n) is 4.72. The van der Waals surface area contributed by atoms with Gasteiger partial charge in [0.05, 0.1) is 25.1 Å². The third-order valence-corrected chi connectivity index (χ3v) is 4.72. The highest BCUT2D eigenvalue weighted by Crippen LogP contribution is 2.15. The zero-order valence-corrected chi connectivity index (χ0v) is 15.0. The normalized spacial score (nSPS) is 19.6. The van der Waals surface area contributed by atoms with E-state index in [0.29, 0.717) is 18.2 Å². The summed E-state index contributed by atoms with van der Waals surface area (Å²) in [6, 6.07) is 3.66. The van der Waals surface area contributed by atoms with Crippen LogP contribution in [0.4, 0.5) is 16.3 Å². The number of rotatable bonds is 6. The molecule has 0 saturated carbocycles. The lowest BCUT2D eigenvalue weighted by Crippen LogP contribution is -2.37. The van der Waals surface area contributed by atoms with E-state index in [1.807, 2.05) is 12.1 Å². The Hall–Kier alpha value is -1.86. The van der Waals surface area contributed by atoms with E-state index >= 15 is 0 Å². The maximum Gasteiger partial charge on any atom is 0.319 e. The summed E-state index contributed by atoms with van der Waals surface area (Å²) in [5, 5.41) is 5.80. The van der Waals surface area contributed by atoms with E-state index < -0.39 is 0 Å². The highest BCUT2D eigenvalue weighted by molar-refractivity contribution is 5.89. The quantitative estimate of drug-likeness (QED) is 0.821. The molecule has 0 aliphatic carbocycles. The molecule has 1 unspecified atom stereocenters. The van der Waals surface area contributed by atoms with Gasteiger partial charge >= 0.3 is 6.03 Å². The molecule has 2 N–H and O–H groups in total. The van der Waals surface area contributed by atoms with Gasteiger partial charge < -0.3 is 25.2 Å². The second-order valence-electron chi connectivity index (χ2n) is 6.95. The maximum atomic E-state index is 12.1. The molecule has 0 bridgehead atoms. The van der Waals surface area contributed by atoms with Crippen molar-refractivity contribution >= 4 is 17.5 Å². The minimum absolute atomic E-state index is 0.172. The lowest BCUT2D eigenvalue weighted by Gasteiger charge is -2.27. The number of morpholine rings is 1. The van der Waals surface area contributed by atoms with Gasteiger partial charge in [0, 0.05) is 26.2 Å². The highest BCUT2D eigenvalue weighted by atomic mass is 16.5. The number of aromatic nitrogens is 1. The predicted molar refractivity (Wildman–Crippen MR) is 99.1 cm³/mol. The molecule has 0 radical (unpaired) electrons. The lowest BCUT2D eigenvalue weighted by atomic mass is 10.1. The SMILES string of the molecule is CC(CNC(=O)Nc1ccc(N2CCOCC2)nc1)CN1CCCC1. The Morgan fingerprint density at radius 1 is 1.24 bits per heavy atom. The fourth-order valence-corrected chi connectivity index (χ4v) is 3.35. The van der Waals surface area contributed by atoms with Crippen LogP contribution in [0.3, 0.4) is 0 Å². The summed E-state index contributed by atoms with van der Waals surface area (Å²) in [6.07, 6.45) is 4.31. The molecule has 0 spiro atoms. The first-order valence-electron chi connectivity index (χ1n) is 9.26. The minimum atomic E-state index is -0.172. The van der Waals surface area contributed by atoms with Crippen LogP contribution in [0.25, 0.3) is 0 Å². The van der Waals surface area contributed by atoms with E-state index in [9.17, 15) is 4.79 Å². The van der Waals surface area contributed by atoms with E-state index in [-0.39, 0.29) is 6.03 Å². The van der Waals surface area contributed by atoms with E-state index in [4.69, 9.17) is 4.74 Å². The van der Waals surface area contributed by atoms with Crippen LogP contribution in [-0.4, -0.2) is 68.4 Å². The number of urea groups is 1. The van der Waals surface area contributed by atoms with Crippen LogP contribution >= 0.6 is 0 Å². The van der Waals surface area contributed by atoms with Gasteiger partial charge in [-0.25, -0.2) is 9.78 Å². The molecule has 2 fully saturated rings. The first-order valence-corrected chi connectivity index (χ1v) is 9.26. The number of nitrogens with one attached hydrogen (secondary N) is 2. The molecule has 0 aromatic carbocycles. The Labute approximate surface area is 149 Å². The fraction of sp³-hybridized carbons (Fsp3) is 0.667. The van der Waals surface area contributed by atoms with Crippen LogP contribution in [0.2, 0.25) is 0 Å². The molecule has 1 atom stereocenters. The van der Waals surface area contributed by atoms with Gasteiger partial charge in [-0.2, -0.15) is 0 Å². The van der Waals surface area contributed by atoms with E-state index in [1.165, 1.54) is 25.9 Å². The Morgan fingerprint density at radius 3 is 2.68 bits per heavy atom. The third kappa shape index (κ3) is 5.57. The molecular weight excluding hydrogens is 318 g/mol. The summed E-state index contributed by atoms with van der Waals surface area (Å²) in [6.45, 7) is 9.48. The highest BCUT2D eigenvalue weighted by Gasteiger charge is 2.15. The number of anilines is 2. The number of amides is 2. The van der Waals surface area contributed by atoms with Crippen molar-refractivity contribution in [3.05, 3.63) is 18.3 Å². The second-order valence-corrected chi connectivity index (χ2v) is 6.95. The van der Waals surface area contributed by atoms with Gasteiger partial charge in [0.15, 0.2) is 0 Å². The van der Waals surface area contributed by atoms with Crippen molar-refractivity contribution in [3.63, 3.8) is 0 Å². The van der Waals surface area contributed by atoms with Crippen molar-refractivity contribution in [3.8, 4) is 0 Å². The van der Waals surface area contributed by atoms with Gasteiger partial charge in [0.25, 0.3) is 0 Å². The number of hydrogen-bond donors (Lipinski definition) is 2. The summed E-state index contributed by atoms with van der Waals surface area (Å²) in [5.41, 5.74) is 0.710. The smallest absolute Gasteiger partial charge is 0.319 e. The predicted octanol–water partition coefficient (Wildman–Crippen LogP) is 1.77. The Balaban J connectivity index is 1.39. The molecule has 25 heavy (non-hydrogen) atoms. The minimum Gasteiger partial charge on any atom is -0.378 e. The van der Waals surface area contributed by atoms with Crippen molar-refractivity contribution in [1.29, 1.82) is 0 Å². The Morgan fingerprint density at radius 2 is 2.00 bits per heavy atom. The summed E-state index contributed by atoms with van der Waals surface area (Å²) >= 11 is 0. The second kappa shape index (κ2) is 9.01. The zero-order valence-electron chi connectivity index (χ0n) is 15.0. The maximum absolute atomic E-state index is 12.1. The van der Waals surface area contributed by atoms with Crippen LogP contribution in [0.15, 0.2) is 18.3 Å². The Bertz CT molecular complexity index is 539. The molecule has 7 heteroatoms. The molecule has 2 aliphatic rings. The standard InChI is InChI=1S/C18H29N5O2/c1-15(14-22-6-2-3-7-22)12-20-18(24)21-16-4-5-17(19-13-16)23-8-10-25-11-9-23/h4-5,13,15H,2-3,6-12,14H2,1H3,(H2,20,21,24). The number of likely N-dealkylation sites (tertiary alicyclic amines) is 1. The monoisotopic (exact) mass is 347 g/mol. The topological polar surface area (TPSA) is 69.7 Å². The number of nitrogens with zero attached hydrogens (tertiary/aromatic N) is 3. The van der Waals surface area contributed by atoms with Gasteiger partial charge in [-0.1, -0.05) is 6.92 Å². The largest absolute Gasteiger partial charge is 0.378 e. The molecule has 2 saturated heterocycles. The molecule has 7 nitrogen and oxygen atoms in total. The van der Waals surface area contributed by atoms with Crippen LogP contribution < -0.4 is 15.5 Å². The van der Waals surface area contributed by atoms with Gasteiger partial charge in [0.1, 0.15) is 5.82 Å². The molecule has 1 aromatic heterocycles. The number of ether oxygens (including phenoxy) is 1. The van der Waals surface area contributed by atoms with Crippen molar-refractivity contribution in [2.75, 3.05) is 62.7 Å². The molecule has 3 heterocycles. The van der Waals surface area contributed by atoms with Crippen LogP contribution in [0, 0.1) is 5.92 Å². The van der Waals surface area contributed by atoms with Crippen LogP contribution in [-0.2, 0) is 4.74 Å². The average molecular weight is 347 g/mol. The number of pyridine rings is 1. The fourth-order valence-electron chi connectivity index (χ4n) is 3.35. The van der Waals surface area contributed by atoms with Gasteiger partial charge in [-0.15, -0.1) is 0 Å².